The molecule has 0 radical (unpaired) electrons. The highest BCUT2D eigenvalue weighted by Crippen LogP contribution is 2.39. The number of ether oxygens (including phenoxy) is 2. The first-order valence-corrected chi connectivity index (χ1v) is 10.4. The standard InChI is InChI=1S/C18H23N3O4S/c1-21-18(10-17(19-21)14-2-3-14)26(22,23)20-15-4-6-16(7-5-15)25-12-13-8-9-24-11-13/h4-7,10,13-14,20H,2-3,8-9,11-12H2,1H3. The van der Waals surface area contributed by atoms with Crippen LogP contribution in [0, 0.1) is 5.92 Å². The molecule has 4 rings (SSSR count). The third-order valence-corrected chi connectivity index (χ3v) is 6.18. The van der Waals surface area contributed by atoms with Crippen LogP contribution in [0.3, 0.4) is 0 Å². The largest absolute Gasteiger partial charge is 0.493 e. The molecule has 1 aliphatic carbocycles. The van der Waals surface area contributed by atoms with Crippen molar-refractivity contribution in [3.63, 3.8) is 0 Å². The maximum atomic E-state index is 12.6. The summed E-state index contributed by atoms with van der Waals surface area (Å²) >= 11 is 0. The summed E-state index contributed by atoms with van der Waals surface area (Å²) < 4.78 is 40.4. The molecular weight excluding hydrogens is 354 g/mol. The number of rotatable bonds is 7. The zero-order valence-electron chi connectivity index (χ0n) is 14.7. The molecule has 7 nitrogen and oxygen atoms in total. The molecular formula is C18H23N3O4S. The Kier molecular flexibility index (Phi) is 4.62. The molecule has 1 aliphatic heterocycles. The molecule has 0 spiro atoms. The molecule has 1 aromatic carbocycles. The van der Waals surface area contributed by atoms with Crippen molar-refractivity contribution in [2.75, 3.05) is 24.5 Å². The highest BCUT2D eigenvalue weighted by atomic mass is 32.2. The van der Waals surface area contributed by atoms with Crippen molar-refractivity contribution in [3.8, 4) is 5.75 Å². The Morgan fingerprint density at radius 3 is 2.69 bits per heavy atom. The zero-order chi connectivity index (χ0) is 18.1. The molecule has 1 aromatic heterocycles. The minimum Gasteiger partial charge on any atom is -0.493 e. The maximum Gasteiger partial charge on any atom is 0.279 e. The molecule has 1 N–H and O–H groups in total. The van der Waals surface area contributed by atoms with E-state index in [1.807, 2.05) is 0 Å². The fourth-order valence-corrected chi connectivity index (χ4v) is 4.27. The average Bonchev–Trinajstić information content (AvgIpc) is 3.17. The Balaban J connectivity index is 1.41. The smallest absolute Gasteiger partial charge is 0.279 e. The molecule has 2 aromatic rings. The van der Waals surface area contributed by atoms with Gasteiger partial charge in [-0.15, -0.1) is 0 Å². The first-order chi connectivity index (χ1) is 12.5. The summed E-state index contributed by atoms with van der Waals surface area (Å²) in [6.45, 7) is 2.15. The number of hydrogen-bond acceptors (Lipinski definition) is 5. The van der Waals surface area contributed by atoms with E-state index < -0.39 is 10.0 Å². The van der Waals surface area contributed by atoms with E-state index in [-0.39, 0.29) is 5.03 Å². The zero-order valence-corrected chi connectivity index (χ0v) is 15.5. The Morgan fingerprint density at radius 1 is 1.27 bits per heavy atom. The predicted octanol–water partition coefficient (Wildman–Crippen LogP) is 2.51. The van der Waals surface area contributed by atoms with Crippen LogP contribution in [0.25, 0.3) is 0 Å². The fourth-order valence-electron chi connectivity index (χ4n) is 3.06. The predicted molar refractivity (Wildman–Crippen MR) is 96.9 cm³/mol. The first kappa shape index (κ1) is 17.4. The van der Waals surface area contributed by atoms with E-state index in [0.29, 0.717) is 24.1 Å². The molecule has 140 valence electrons. The quantitative estimate of drug-likeness (QED) is 0.802. The normalized spacial score (nSPS) is 20.3. The molecule has 1 saturated heterocycles. The van der Waals surface area contributed by atoms with E-state index >= 15 is 0 Å². The van der Waals surface area contributed by atoms with Crippen molar-refractivity contribution in [2.45, 2.75) is 30.2 Å². The van der Waals surface area contributed by atoms with Gasteiger partial charge < -0.3 is 9.47 Å². The van der Waals surface area contributed by atoms with Gasteiger partial charge in [0, 0.05) is 37.2 Å². The van der Waals surface area contributed by atoms with Crippen molar-refractivity contribution < 1.29 is 17.9 Å². The molecule has 1 unspecified atom stereocenters. The number of hydrogen-bond donors (Lipinski definition) is 1. The van der Waals surface area contributed by atoms with Crippen LogP contribution in [0.4, 0.5) is 5.69 Å². The number of aryl methyl sites for hydroxylation is 1. The summed E-state index contributed by atoms with van der Waals surface area (Å²) in [5.74, 6) is 1.56. The van der Waals surface area contributed by atoms with Crippen LogP contribution in [0.5, 0.6) is 5.75 Å². The van der Waals surface area contributed by atoms with Gasteiger partial charge in [0.25, 0.3) is 10.0 Å². The molecule has 26 heavy (non-hydrogen) atoms. The number of nitrogens with zero attached hydrogens (tertiary/aromatic N) is 2. The van der Waals surface area contributed by atoms with Crippen molar-refractivity contribution in [1.29, 1.82) is 0 Å². The topological polar surface area (TPSA) is 82.5 Å². The third-order valence-electron chi connectivity index (χ3n) is 4.74. The van der Waals surface area contributed by atoms with Crippen molar-refractivity contribution in [1.82, 2.24) is 9.78 Å². The highest BCUT2D eigenvalue weighted by Gasteiger charge is 2.29. The summed E-state index contributed by atoms with van der Waals surface area (Å²) in [5.41, 5.74) is 1.35. The van der Waals surface area contributed by atoms with Crippen LogP contribution < -0.4 is 9.46 Å². The molecule has 0 amide bonds. The molecule has 0 bridgehead atoms. The van der Waals surface area contributed by atoms with Gasteiger partial charge in [-0.1, -0.05) is 0 Å². The molecule has 2 aliphatic rings. The van der Waals surface area contributed by atoms with E-state index in [4.69, 9.17) is 9.47 Å². The van der Waals surface area contributed by atoms with Crippen LogP contribution in [0.1, 0.15) is 30.9 Å². The number of sulfonamides is 1. The lowest BCUT2D eigenvalue weighted by Crippen LogP contribution is -2.16. The Labute approximate surface area is 153 Å². The minimum absolute atomic E-state index is 0.181. The number of benzene rings is 1. The lowest BCUT2D eigenvalue weighted by atomic mass is 10.1. The summed E-state index contributed by atoms with van der Waals surface area (Å²) in [6.07, 6.45) is 3.18. The van der Waals surface area contributed by atoms with Crippen LogP contribution in [0.15, 0.2) is 35.4 Å². The third kappa shape index (κ3) is 3.86. The van der Waals surface area contributed by atoms with Gasteiger partial charge in [0.1, 0.15) is 5.75 Å². The lowest BCUT2D eigenvalue weighted by Gasteiger charge is -2.11. The molecule has 2 fully saturated rings. The Hall–Kier alpha value is -2.06. The second-order valence-electron chi connectivity index (χ2n) is 6.98. The maximum absolute atomic E-state index is 12.6. The van der Waals surface area contributed by atoms with Crippen molar-refractivity contribution >= 4 is 15.7 Å². The highest BCUT2D eigenvalue weighted by molar-refractivity contribution is 7.92. The first-order valence-electron chi connectivity index (χ1n) is 8.88. The lowest BCUT2D eigenvalue weighted by molar-refractivity contribution is 0.167. The Morgan fingerprint density at radius 2 is 2.04 bits per heavy atom. The van der Waals surface area contributed by atoms with Crippen LogP contribution in [-0.4, -0.2) is 38.0 Å². The molecule has 1 saturated carbocycles. The monoisotopic (exact) mass is 377 g/mol. The molecule has 2 heterocycles. The van der Waals surface area contributed by atoms with Gasteiger partial charge in [0.15, 0.2) is 5.03 Å². The van der Waals surface area contributed by atoms with Gasteiger partial charge in [-0.2, -0.15) is 13.5 Å². The number of aromatic nitrogens is 2. The molecule has 1 atom stereocenters. The summed E-state index contributed by atoms with van der Waals surface area (Å²) in [6, 6.07) is 8.62. The van der Waals surface area contributed by atoms with Crippen LogP contribution in [0.2, 0.25) is 0 Å². The fraction of sp³-hybridized carbons (Fsp3) is 0.500. The summed E-state index contributed by atoms with van der Waals surface area (Å²) in [4.78, 5) is 0. The van der Waals surface area contributed by atoms with E-state index in [9.17, 15) is 8.42 Å². The SMILES string of the molecule is Cn1nc(C2CC2)cc1S(=O)(=O)Nc1ccc(OCC2CCOC2)cc1. The van der Waals surface area contributed by atoms with Gasteiger partial charge in [0.2, 0.25) is 0 Å². The molecule has 8 heteroatoms. The number of nitrogens with one attached hydrogen (secondary N) is 1. The van der Waals surface area contributed by atoms with Crippen LogP contribution >= 0.6 is 0 Å². The number of anilines is 1. The summed E-state index contributed by atoms with van der Waals surface area (Å²) in [7, 11) is -2.02. The minimum atomic E-state index is -3.67. The van der Waals surface area contributed by atoms with Gasteiger partial charge in [-0.05, 0) is 43.5 Å². The van der Waals surface area contributed by atoms with Gasteiger partial charge >= 0.3 is 0 Å². The Bertz CT molecular complexity index is 866. The van der Waals surface area contributed by atoms with Crippen LogP contribution in [-0.2, 0) is 21.8 Å². The van der Waals surface area contributed by atoms with E-state index in [1.54, 1.807) is 37.4 Å². The van der Waals surface area contributed by atoms with E-state index in [2.05, 4.69) is 9.82 Å². The van der Waals surface area contributed by atoms with Gasteiger partial charge in [0.05, 0.1) is 18.9 Å². The average molecular weight is 377 g/mol. The van der Waals surface area contributed by atoms with E-state index in [1.165, 1.54) is 4.68 Å². The van der Waals surface area contributed by atoms with Gasteiger partial charge in [-0.25, -0.2) is 0 Å². The van der Waals surface area contributed by atoms with Gasteiger partial charge in [-0.3, -0.25) is 9.40 Å². The van der Waals surface area contributed by atoms with E-state index in [0.717, 1.165) is 43.9 Å². The van der Waals surface area contributed by atoms with Crippen molar-refractivity contribution in [2.24, 2.45) is 13.0 Å². The second-order valence-corrected chi connectivity index (χ2v) is 8.61. The summed E-state index contributed by atoms with van der Waals surface area (Å²) in [5, 5.41) is 4.51. The van der Waals surface area contributed by atoms with Crippen molar-refractivity contribution in [3.05, 3.63) is 36.0 Å². The second kappa shape index (κ2) is 6.92.